The summed E-state index contributed by atoms with van der Waals surface area (Å²) in [6, 6.07) is 8.74. The van der Waals surface area contributed by atoms with Gasteiger partial charge in [0.05, 0.1) is 55.2 Å². The van der Waals surface area contributed by atoms with Crippen molar-refractivity contribution < 1.29 is 158 Å². The molecule has 0 spiro atoms. The van der Waals surface area contributed by atoms with Crippen molar-refractivity contribution in [1.82, 2.24) is 0 Å². The van der Waals surface area contributed by atoms with Crippen LogP contribution in [0, 0.1) is 52.4 Å². The lowest BCUT2D eigenvalue weighted by atomic mass is 10.1. The van der Waals surface area contributed by atoms with Gasteiger partial charge in [0.1, 0.15) is 52.4 Å². The number of fused-ring (bicyclic) bond motifs is 6. The van der Waals surface area contributed by atoms with Gasteiger partial charge in [0, 0.05) is 45.2 Å². The summed E-state index contributed by atoms with van der Waals surface area (Å²) in [6.07, 6.45) is -8.30. The first-order valence-electron chi connectivity index (χ1n) is 25.2. The Morgan fingerprint density at radius 2 is 0.621 bits per heavy atom. The van der Waals surface area contributed by atoms with E-state index in [0.717, 1.165) is 36.0 Å². The molecule has 0 bridgehead atoms. The summed E-state index contributed by atoms with van der Waals surface area (Å²) in [5.74, 6) is -44.0. The molecule has 0 aromatic heterocycles. The Labute approximate surface area is 520 Å². The summed E-state index contributed by atoms with van der Waals surface area (Å²) in [5.41, 5.74) is -10.3. The molecule has 15 nitrogen and oxygen atoms in total. The molecule has 6 aliphatic rings. The molecule has 38 heteroatoms. The van der Waals surface area contributed by atoms with Gasteiger partial charge in [-0.3, -0.25) is 38.4 Å². The zero-order chi connectivity index (χ0) is 72.2. The maximum Gasteiger partial charge on any atom is 0.371 e. The Morgan fingerprint density at radius 3 is 0.979 bits per heavy atom. The summed E-state index contributed by atoms with van der Waals surface area (Å²) >= 11 is 1.06. The van der Waals surface area contributed by atoms with Gasteiger partial charge >= 0.3 is 29.6 Å². The third-order valence-electron chi connectivity index (χ3n) is 14.3. The number of alkyl halides is 11. The van der Waals surface area contributed by atoms with Crippen molar-refractivity contribution in [2.45, 2.75) is 75.2 Å². The zero-order valence-electron chi connectivity index (χ0n) is 46.5. The fourth-order valence-electron chi connectivity index (χ4n) is 9.77. The van der Waals surface area contributed by atoms with Crippen molar-refractivity contribution in [3.8, 4) is 0 Å². The number of rotatable bonds is 3. The first kappa shape index (κ1) is 73.8. The fraction of sp³-hybridized carbons (Fsp3) is 0.228. The predicted octanol–water partition coefficient (Wildman–Crippen LogP) is 11.1. The number of sulfone groups is 2. The third kappa shape index (κ3) is 12.3. The number of hydrogen-bond acceptors (Lipinski definition) is 16. The number of aliphatic hydroxyl groups excluding tert-OH is 3. The Morgan fingerprint density at radius 1 is 0.358 bits per heavy atom. The van der Waals surface area contributed by atoms with Crippen molar-refractivity contribution in [2.75, 3.05) is 18.8 Å². The second-order valence-corrected chi connectivity index (χ2v) is 25.1. The first-order chi connectivity index (χ1) is 43.4. The monoisotopic (exact) mass is 1430 g/mol. The van der Waals surface area contributed by atoms with Gasteiger partial charge in [-0.15, -0.1) is 11.8 Å². The van der Waals surface area contributed by atoms with Crippen LogP contribution in [0.15, 0.2) is 87.5 Å². The SMILES string of the molecule is CS(=O)(=O)c1ccc(F)c2c1C(=O)C(F)(F)C2F.CS(=O)(=O)c1ccc(F)c2c1C(=O)C(F)(F)C2O.CSc1ccc(F)c2c1C(=O)C(F)(F)C2O.O=C1CC(=O)c2c(F)ccc(F)c21.O=C1c2c(F)ccc(F)c2C(=O)C1(F)F.O=C1c2c(F)ccc(F)c2C(O)C1(F)F. The first-order valence-corrected chi connectivity index (χ1v) is 30.2. The van der Waals surface area contributed by atoms with E-state index in [1.54, 1.807) is 6.26 Å². The topological polar surface area (TPSA) is 266 Å². The molecule has 0 amide bonds. The van der Waals surface area contributed by atoms with E-state index in [4.69, 9.17) is 5.11 Å². The third-order valence-corrected chi connectivity index (χ3v) is 17.3. The Hall–Kier alpha value is -8.59. The molecule has 6 aromatic rings. The number of Topliss-reactive ketones (excluding diaryl/α,β-unsaturated/α-hetero) is 8. The molecule has 4 atom stereocenters. The highest BCUT2D eigenvalue weighted by molar-refractivity contribution is 7.98. The van der Waals surface area contributed by atoms with Crippen LogP contribution in [0.25, 0.3) is 0 Å². The average Bonchev–Trinajstić information content (AvgIpc) is 1.62. The van der Waals surface area contributed by atoms with Crippen LogP contribution in [0.4, 0.5) is 87.8 Å². The molecule has 6 aliphatic carbocycles. The van der Waals surface area contributed by atoms with Crippen molar-refractivity contribution >= 4 is 77.7 Å². The van der Waals surface area contributed by atoms with Crippen molar-refractivity contribution in [3.05, 3.63) is 192 Å². The van der Waals surface area contributed by atoms with E-state index in [0.29, 0.717) is 55.0 Å². The van der Waals surface area contributed by atoms with Gasteiger partial charge in [0.15, 0.2) is 55.7 Å². The van der Waals surface area contributed by atoms with E-state index in [9.17, 15) is 153 Å². The van der Waals surface area contributed by atoms with E-state index in [1.165, 1.54) is 6.07 Å². The van der Waals surface area contributed by atoms with Crippen molar-refractivity contribution in [3.63, 3.8) is 0 Å². The lowest BCUT2D eigenvalue weighted by Gasteiger charge is -2.11. The van der Waals surface area contributed by atoms with Crippen LogP contribution in [0.3, 0.4) is 0 Å². The Balaban J connectivity index is 0.000000162. The van der Waals surface area contributed by atoms with Crippen LogP contribution in [-0.4, -0.2) is 127 Å². The number of hydrogen-bond donors (Lipinski definition) is 3. The Kier molecular flexibility index (Phi) is 19.6. The highest BCUT2D eigenvalue weighted by Crippen LogP contribution is 2.51. The van der Waals surface area contributed by atoms with Gasteiger partial charge in [-0.25, -0.2) is 60.7 Å². The minimum atomic E-state index is -4.44. The molecule has 6 aromatic carbocycles. The summed E-state index contributed by atoms with van der Waals surface area (Å²) in [4.78, 5) is 87.7. The highest BCUT2D eigenvalue weighted by Gasteiger charge is 2.62. The fourth-order valence-corrected chi connectivity index (χ4v) is 12.2. The molecular weight excluding hydrogens is 1400 g/mol. The van der Waals surface area contributed by atoms with Crippen LogP contribution in [-0.2, 0) is 19.7 Å². The molecule has 95 heavy (non-hydrogen) atoms. The van der Waals surface area contributed by atoms with Gasteiger partial charge in [0.2, 0.25) is 34.7 Å². The minimum absolute atomic E-state index is 0.248. The molecule has 0 fully saturated rings. The van der Waals surface area contributed by atoms with Crippen LogP contribution < -0.4 is 0 Å². The number of aliphatic hydroxyl groups is 3. The minimum Gasteiger partial charge on any atom is -0.381 e. The van der Waals surface area contributed by atoms with Crippen LogP contribution in [0.5, 0.6) is 0 Å². The molecule has 0 aliphatic heterocycles. The number of ketones is 8. The predicted molar refractivity (Wildman–Crippen MR) is 279 cm³/mol. The van der Waals surface area contributed by atoms with Crippen LogP contribution >= 0.6 is 11.8 Å². The van der Waals surface area contributed by atoms with Crippen LogP contribution in [0.2, 0.25) is 0 Å². The van der Waals surface area contributed by atoms with Gasteiger partial charge in [0.25, 0.3) is 0 Å². The number of carbonyl (C=O) groups excluding carboxylic acids is 8. The lowest BCUT2D eigenvalue weighted by molar-refractivity contribution is -0.0717. The van der Waals surface area contributed by atoms with E-state index in [1.807, 2.05) is 0 Å². The van der Waals surface area contributed by atoms with Gasteiger partial charge in [-0.1, -0.05) is 0 Å². The summed E-state index contributed by atoms with van der Waals surface area (Å²) in [6.45, 7) is 0. The van der Waals surface area contributed by atoms with E-state index in [-0.39, 0.29) is 4.90 Å². The summed E-state index contributed by atoms with van der Waals surface area (Å²) in [5, 5.41) is 27.5. The van der Waals surface area contributed by atoms with E-state index in [2.05, 4.69) is 0 Å². The van der Waals surface area contributed by atoms with Gasteiger partial charge in [-0.05, 0) is 79.1 Å². The van der Waals surface area contributed by atoms with Crippen molar-refractivity contribution in [2.24, 2.45) is 0 Å². The largest absolute Gasteiger partial charge is 0.381 e. The smallest absolute Gasteiger partial charge is 0.371 e. The quantitative estimate of drug-likeness (QED) is 0.0643. The molecule has 506 valence electrons. The molecule has 12 rings (SSSR count). The van der Waals surface area contributed by atoms with E-state index >= 15 is 0 Å². The van der Waals surface area contributed by atoms with Crippen molar-refractivity contribution in [1.29, 1.82) is 0 Å². The molecular formula is C57H30F20O15S3. The highest BCUT2D eigenvalue weighted by atomic mass is 32.2. The number of thioether (sulfide) groups is 1. The molecule has 0 saturated heterocycles. The molecule has 0 saturated carbocycles. The van der Waals surface area contributed by atoms with Crippen LogP contribution in [0.1, 0.15) is 136 Å². The normalized spacial score (nSPS) is 20.7. The maximum absolute atomic E-state index is 13.4. The number of halogens is 20. The van der Waals surface area contributed by atoms with Gasteiger partial charge < -0.3 is 15.3 Å². The average molecular weight is 1430 g/mol. The van der Waals surface area contributed by atoms with Gasteiger partial charge in [-0.2, -0.15) is 43.9 Å². The standard InChI is InChI=1S/C10H6F4O3S.C10H7F3O4S.C10H7F3O2S.C9H4F4O2.C9H2F4O2.C9H4F2O2/c1-18(16,17)5-3-2-4(11)6-7(5)9(15)10(13,14)8(6)12;1-18(16,17)5-3-2-4(11)6-7(5)9(15)10(12,13)8(6)14;1-16-5-3-2-4(11)6-7(5)9(15)10(12,13)8(6)14;2*10-3-1-2-4(11)6-5(3)7(14)9(12,13)8(6)15;10-4-1-2-5(11)9-7(13)3-6(12)8(4)9/h2-3,8H,1H3;2-3,8,14H,1H3;2-3,8,14H,1H3;1-2,7,14H;1-2H;1-2H,3H2. The second-order valence-electron chi connectivity index (χ2n) is 20.3. The molecule has 0 radical (unpaired) electrons. The molecule has 0 heterocycles. The summed E-state index contributed by atoms with van der Waals surface area (Å²) in [7, 11) is -8.02. The lowest BCUT2D eigenvalue weighted by Crippen LogP contribution is -2.30. The maximum atomic E-state index is 13.4. The zero-order valence-corrected chi connectivity index (χ0v) is 48.9. The number of carbonyl (C=O) groups is 8. The van der Waals surface area contributed by atoms with E-state index < -0.39 is 255 Å². The summed E-state index contributed by atoms with van der Waals surface area (Å²) < 4.78 is 308. The number of benzene rings is 6. The molecule has 4 unspecified atom stereocenters. The Bertz CT molecular complexity index is 4440. The second kappa shape index (κ2) is 25.2. The molecule has 3 N–H and O–H groups in total.